The number of nitrogens with two attached hydrogens (primary N) is 1. The van der Waals surface area contributed by atoms with E-state index < -0.39 is 6.29 Å². The fraction of sp³-hybridized carbons (Fsp3) is 1.00. The third kappa shape index (κ3) is 13.5. The molecular weight excluding hydrogens is 180 g/mol. The molecule has 0 aromatic rings. The predicted octanol–water partition coefficient (Wildman–Crippen LogP) is -1.11. The summed E-state index contributed by atoms with van der Waals surface area (Å²) in [5.41, 5.74) is 5.22. The van der Waals surface area contributed by atoms with Gasteiger partial charge in [-0.15, -0.1) is 0 Å². The van der Waals surface area contributed by atoms with Crippen LogP contribution in [0.2, 0.25) is 0 Å². The first kappa shape index (κ1) is 14.1. The van der Waals surface area contributed by atoms with E-state index in [0.717, 1.165) is 13.1 Å². The Morgan fingerprint density at radius 1 is 1.55 bits per heavy atom. The number of hydrogen-bond donors (Lipinski definition) is 3. The summed E-state index contributed by atoms with van der Waals surface area (Å²) in [6.45, 7) is 4.28. The van der Waals surface area contributed by atoms with Crippen molar-refractivity contribution < 1.29 is 31.6 Å². The zero-order chi connectivity index (χ0) is 7.82. The van der Waals surface area contributed by atoms with Crippen LogP contribution in [0.3, 0.4) is 0 Å². The molecule has 0 fully saturated rings. The molecule has 0 radical (unpaired) electrons. The monoisotopic (exact) mass is 196 g/mol. The maximum absolute atomic E-state index is 8.63. The van der Waals surface area contributed by atoms with E-state index in [1.165, 1.54) is 0 Å². The number of ether oxygens (including phenoxy) is 1. The van der Waals surface area contributed by atoms with E-state index in [0.29, 0.717) is 13.2 Å². The third-order valence-electron chi connectivity index (χ3n) is 0.959. The fourth-order valence-electron chi connectivity index (χ4n) is 0.529. The van der Waals surface area contributed by atoms with Crippen molar-refractivity contribution in [1.29, 1.82) is 0 Å². The van der Waals surface area contributed by atoms with Crippen LogP contribution in [-0.4, -0.2) is 37.6 Å². The molecule has 0 aromatic carbocycles. The minimum Gasteiger partial charge on any atom is -0.368 e. The molecule has 0 bridgehead atoms. The second-order valence-corrected chi connectivity index (χ2v) is 2.01. The Hall–Kier alpha value is 0.554. The predicted molar refractivity (Wildman–Crippen MR) is 39.6 cm³/mol. The van der Waals surface area contributed by atoms with Gasteiger partial charge in [0.05, 0.1) is 6.61 Å². The number of hydrogen-bond acceptors (Lipinski definition) is 4. The molecule has 0 saturated carbocycles. The van der Waals surface area contributed by atoms with Crippen molar-refractivity contribution in [3.8, 4) is 0 Å². The van der Waals surface area contributed by atoms with Gasteiger partial charge >= 0.3 is 0 Å². The van der Waals surface area contributed by atoms with Crippen LogP contribution in [0.25, 0.3) is 0 Å². The quantitative estimate of drug-likeness (QED) is 0.286. The average molecular weight is 196 g/mol. The second kappa shape index (κ2) is 10.6. The van der Waals surface area contributed by atoms with E-state index in [1.54, 1.807) is 6.92 Å². The van der Waals surface area contributed by atoms with Gasteiger partial charge in [-0.1, -0.05) is 0 Å². The van der Waals surface area contributed by atoms with Crippen LogP contribution >= 0.6 is 0 Å². The van der Waals surface area contributed by atoms with E-state index >= 15 is 0 Å². The van der Waals surface area contributed by atoms with Crippen molar-refractivity contribution in [1.82, 2.24) is 5.32 Å². The van der Waals surface area contributed by atoms with E-state index in [-0.39, 0.29) is 21.7 Å². The number of nitrogens with one attached hydrogen (secondary N) is 1. The molecule has 11 heavy (non-hydrogen) atoms. The van der Waals surface area contributed by atoms with Crippen LogP contribution in [0.4, 0.5) is 0 Å². The summed E-state index contributed by atoms with van der Waals surface area (Å²) < 4.78 is 4.84. The number of rotatable bonds is 6. The first-order valence-electron chi connectivity index (χ1n) is 3.48. The molecule has 0 spiro atoms. The summed E-state index contributed by atoms with van der Waals surface area (Å²) >= 11 is 0. The normalized spacial score (nSPS) is 12.3. The molecule has 5 heteroatoms. The van der Waals surface area contributed by atoms with Gasteiger partial charge in [-0.25, -0.2) is 0 Å². The minimum atomic E-state index is -0.667. The van der Waals surface area contributed by atoms with Crippen molar-refractivity contribution >= 4 is 0 Å². The first-order valence-corrected chi connectivity index (χ1v) is 3.48. The molecular formula is C6H16N2O2Ti. The molecule has 66 valence electrons. The standard InChI is InChI=1S/C6H16N2O2.Ti/c1-6(9)10-5-4-8-3-2-7;/h6,8-9H,2-5,7H2,1H3;. The molecule has 0 rings (SSSR count). The van der Waals surface area contributed by atoms with Gasteiger partial charge in [0.25, 0.3) is 0 Å². The summed E-state index contributed by atoms with van der Waals surface area (Å²) in [5.74, 6) is 0. The molecule has 0 aliphatic heterocycles. The van der Waals surface area contributed by atoms with Gasteiger partial charge in [0, 0.05) is 41.4 Å². The van der Waals surface area contributed by atoms with Gasteiger partial charge in [-0.2, -0.15) is 0 Å². The summed E-state index contributed by atoms with van der Waals surface area (Å²) in [4.78, 5) is 0. The largest absolute Gasteiger partial charge is 0.368 e. The zero-order valence-corrected chi connectivity index (χ0v) is 8.40. The van der Waals surface area contributed by atoms with Crippen LogP contribution in [0.15, 0.2) is 0 Å². The van der Waals surface area contributed by atoms with Crippen molar-refractivity contribution in [3.05, 3.63) is 0 Å². The van der Waals surface area contributed by atoms with Gasteiger partial charge in [-0.05, 0) is 6.92 Å². The van der Waals surface area contributed by atoms with Crippen molar-refractivity contribution in [2.75, 3.05) is 26.2 Å². The average Bonchev–Trinajstić information content (AvgIpc) is 1.87. The van der Waals surface area contributed by atoms with Crippen molar-refractivity contribution in [2.45, 2.75) is 13.2 Å². The van der Waals surface area contributed by atoms with Crippen LogP contribution in [0, 0.1) is 0 Å². The van der Waals surface area contributed by atoms with Gasteiger partial charge < -0.3 is 20.9 Å². The summed E-state index contributed by atoms with van der Waals surface area (Å²) in [7, 11) is 0. The Labute approximate surface area is 82.4 Å². The fourth-order valence-corrected chi connectivity index (χ4v) is 0.529. The van der Waals surface area contributed by atoms with Crippen LogP contribution in [-0.2, 0) is 26.5 Å². The van der Waals surface area contributed by atoms with Crippen molar-refractivity contribution in [3.63, 3.8) is 0 Å². The Bertz CT molecular complexity index is 73.6. The van der Waals surface area contributed by atoms with Crippen molar-refractivity contribution in [2.24, 2.45) is 5.73 Å². The molecule has 0 aliphatic rings. The number of aliphatic hydroxyl groups is 1. The maximum atomic E-state index is 8.63. The molecule has 0 saturated heterocycles. The van der Waals surface area contributed by atoms with Gasteiger partial charge in [0.1, 0.15) is 0 Å². The molecule has 1 atom stereocenters. The number of aliphatic hydroxyl groups excluding tert-OH is 1. The zero-order valence-electron chi connectivity index (χ0n) is 6.84. The van der Waals surface area contributed by atoms with E-state index in [9.17, 15) is 0 Å². The molecule has 0 heterocycles. The molecule has 1 unspecified atom stereocenters. The minimum absolute atomic E-state index is 0. The molecule has 4 N–H and O–H groups in total. The smallest absolute Gasteiger partial charge is 0.151 e. The van der Waals surface area contributed by atoms with Crippen LogP contribution in [0.5, 0.6) is 0 Å². The van der Waals surface area contributed by atoms with Gasteiger partial charge in [0.2, 0.25) is 0 Å². The van der Waals surface area contributed by atoms with Crippen LogP contribution < -0.4 is 11.1 Å². The Morgan fingerprint density at radius 2 is 2.18 bits per heavy atom. The van der Waals surface area contributed by atoms with E-state index in [1.807, 2.05) is 0 Å². The third-order valence-corrected chi connectivity index (χ3v) is 0.959. The summed E-state index contributed by atoms with van der Waals surface area (Å²) in [6.07, 6.45) is -0.667. The molecule has 4 nitrogen and oxygen atoms in total. The van der Waals surface area contributed by atoms with Gasteiger partial charge in [0.15, 0.2) is 6.29 Å². The topological polar surface area (TPSA) is 67.5 Å². The molecule has 0 aliphatic carbocycles. The maximum Gasteiger partial charge on any atom is 0.151 e. The molecule has 0 aromatic heterocycles. The van der Waals surface area contributed by atoms with E-state index in [2.05, 4.69) is 5.32 Å². The Kier molecular flexibility index (Phi) is 13.5. The summed E-state index contributed by atoms with van der Waals surface area (Å²) in [5, 5.41) is 11.7. The first-order chi connectivity index (χ1) is 4.77. The Balaban J connectivity index is 0. The second-order valence-electron chi connectivity index (χ2n) is 2.01. The van der Waals surface area contributed by atoms with Crippen LogP contribution in [0.1, 0.15) is 6.92 Å². The summed E-state index contributed by atoms with van der Waals surface area (Å²) in [6, 6.07) is 0. The molecule has 0 amide bonds. The Morgan fingerprint density at radius 3 is 2.64 bits per heavy atom. The van der Waals surface area contributed by atoms with Gasteiger partial charge in [-0.3, -0.25) is 0 Å². The van der Waals surface area contributed by atoms with E-state index in [4.69, 9.17) is 15.6 Å². The SMILES string of the molecule is CC(O)OCCNCCN.[Ti].